The Kier molecular flexibility index (Phi) is 6.66. The molecule has 2 aliphatic rings. The minimum Gasteiger partial charge on any atom is -0.478 e. The van der Waals surface area contributed by atoms with Crippen LogP contribution >= 0.6 is 39.1 Å². The molecule has 5 nitrogen and oxygen atoms in total. The number of aliphatic carboxylic acids is 1. The molecule has 3 aromatic carbocycles. The standard InChI is InChI=1S/C28H25BrCl2N2O3/c1-27(2,26(34)35)36-24-9-6-17(29)13-20(24)25-28(15-33-23-14-19(31)7-8-22(23)28)21(10-11-32-25)16-4-3-5-18(30)12-16/h3-9,12-15,21,25,32H,10-11H2,1-2H3,(H,34,35)/t21-,25-,28-/m0/s1. The van der Waals surface area contributed by atoms with E-state index in [0.29, 0.717) is 15.8 Å². The number of benzene rings is 3. The molecule has 3 aromatic rings. The zero-order valence-corrected chi connectivity index (χ0v) is 22.9. The van der Waals surface area contributed by atoms with Gasteiger partial charge >= 0.3 is 5.97 Å². The molecule has 1 spiro atoms. The van der Waals surface area contributed by atoms with Crippen molar-refractivity contribution in [3.63, 3.8) is 0 Å². The summed E-state index contributed by atoms with van der Waals surface area (Å²) in [7, 11) is 0. The number of piperidine rings is 1. The van der Waals surface area contributed by atoms with Crippen LogP contribution in [0, 0.1) is 0 Å². The molecule has 2 N–H and O–H groups in total. The number of rotatable bonds is 5. The van der Waals surface area contributed by atoms with Gasteiger partial charge < -0.3 is 15.2 Å². The average Bonchev–Trinajstić information content (AvgIpc) is 3.18. The number of ether oxygens (including phenoxy) is 1. The highest BCUT2D eigenvalue weighted by atomic mass is 79.9. The number of carboxylic acids is 1. The summed E-state index contributed by atoms with van der Waals surface area (Å²) in [5.41, 5.74) is 1.84. The van der Waals surface area contributed by atoms with Crippen LogP contribution in [-0.4, -0.2) is 29.4 Å². The normalized spacial score (nSPS) is 23.0. The maximum atomic E-state index is 11.9. The predicted molar refractivity (Wildman–Crippen MR) is 147 cm³/mol. The van der Waals surface area contributed by atoms with Gasteiger partial charge in [-0.25, -0.2) is 4.79 Å². The van der Waals surface area contributed by atoms with Gasteiger partial charge in [-0.3, -0.25) is 4.99 Å². The van der Waals surface area contributed by atoms with Gasteiger partial charge in [-0.15, -0.1) is 0 Å². The Hall–Kier alpha value is -2.38. The summed E-state index contributed by atoms with van der Waals surface area (Å²) < 4.78 is 6.99. The van der Waals surface area contributed by atoms with E-state index in [4.69, 9.17) is 32.9 Å². The van der Waals surface area contributed by atoms with E-state index >= 15 is 0 Å². The molecular formula is C28H25BrCl2N2O3. The molecule has 0 radical (unpaired) electrons. The number of nitrogens with zero attached hydrogens (tertiary/aromatic N) is 1. The summed E-state index contributed by atoms with van der Waals surface area (Å²) in [6, 6.07) is 19.2. The Labute approximate surface area is 228 Å². The number of nitrogens with one attached hydrogen (secondary N) is 1. The lowest BCUT2D eigenvalue weighted by atomic mass is 9.60. The molecule has 186 valence electrons. The monoisotopic (exact) mass is 586 g/mol. The zero-order valence-electron chi connectivity index (χ0n) is 19.8. The third-order valence-corrected chi connectivity index (χ3v) is 8.06. The van der Waals surface area contributed by atoms with Crippen LogP contribution in [0.2, 0.25) is 10.0 Å². The molecule has 0 aromatic heterocycles. The van der Waals surface area contributed by atoms with E-state index in [1.54, 1.807) is 13.8 Å². The van der Waals surface area contributed by atoms with Gasteiger partial charge in [0.2, 0.25) is 0 Å². The highest BCUT2D eigenvalue weighted by Gasteiger charge is 2.53. The number of hydrogen-bond acceptors (Lipinski definition) is 4. The number of fused-ring (bicyclic) bond motifs is 2. The van der Waals surface area contributed by atoms with Crippen molar-refractivity contribution in [1.29, 1.82) is 0 Å². The molecule has 5 rings (SSSR count). The number of carbonyl (C=O) groups is 1. The third kappa shape index (κ3) is 4.34. The number of hydrogen-bond donors (Lipinski definition) is 2. The summed E-state index contributed by atoms with van der Waals surface area (Å²) in [5, 5.41) is 14.8. The fraction of sp³-hybridized carbons (Fsp3) is 0.286. The molecule has 0 aliphatic carbocycles. The highest BCUT2D eigenvalue weighted by molar-refractivity contribution is 9.10. The van der Waals surface area contributed by atoms with Gasteiger partial charge in [-0.05, 0) is 80.4 Å². The first kappa shape index (κ1) is 25.3. The number of carboxylic acid groups (broad SMARTS) is 1. The van der Waals surface area contributed by atoms with Gasteiger partial charge in [-0.1, -0.05) is 57.3 Å². The van der Waals surface area contributed by atoms with Crippen molar-refractivity contribution in [2.75, 3.05) is 6.54 Å². The fourth-order valence-corrected chi connectivity index (χ4v) is 6.15. The van der Waals surface area contributed by atoms with E-state index in [1.807, 2.05) is 60.8 Å². The Balaban J connectivity index is 1.73. The minimum absolute atomic E-state index is 0.0490. The molecule has 36 heavy (non-hydrogen) atoms. The van der Waals surface area contributed by atoms with Crippen LogP contribution in [0.4, 0.5) is 5.69 Å². The fourth-order valence-electron chi connectivity index (χ4n) is 5.40. The average molecular weight is 588 g/mol. The van der Waals surface area contributed by atoms with Crippen molar-refractivity contribution in [3.8, 4) is 5.75 Å². The Bertz CT molecular complexity index is 1380. The maximum absolute atomic E-state index is 11.9. The van der Waals surface area contributed by atoms with Crippen LogP contribution in [0.25, 0.3) is 0 Å². The lowest BCUT2D eigenvalue weighted by Crippen LogP contribution is -2.51. The largest absolute Gasteiger partial charge is 0.478 e. The second kappa shape index (κ2) is 9.49. The first-order chi connectivity index (χ1) is 17.1. The van der Waals surface area contributed by atoms with Crippen molar-refractivity contribution in [2.45, 2.75) is 43.2 Å². The van der Waals surface area contributed by atoms with Gasteiger partial charge in [0.25, 0.3) is 0 Å². The van der Waals surface area contributed by atoms with Gasteiger partial charge in [0, 0.05) is 32.2 Å². The molecule has 1 saturated heterocycles. The van der Waals surface area contributed by atoms with Crippen LogP contribution in [0.3, 0.4) is 0 Å². The topological polar surface area (TPSA) is 70.9 Å². The first-order valence-corrected chi connectivity index (χ1v) is 13.2. The SMILES string of the molecule is CC(C)(Oc1ccc(Br)cc1[C@@H]1NCC[C@@H](c2cccc(Cl)c2)[C@]12C=Nc1cc(Cl)ccc12)C(=O)O. The number of halogens is 3. The minimum atomic E-state index is -1.41. The van der Waals surface area contributed by atoms with Crippen LogP contribution in [0.5, 0.6) is 5.75 Å². The number of aliphatic imine (C=N–C) groups is 1. The molecule has 0 saturated carbocycles. The maximum Gasteiger partial charge on any atom is 0.347 e. The summed E-state index contributed by atoms with van der Waals surface area (Å²) >= 11 is 16.4. The van der Waals surface area contributed by atoms with Crippen molar-refractivity contribution in [3.05, 3.63) is 91.9 Å². The predicted octanol–water partition coefficient (Wildman–Crippen LogP) is 7.47. The van der Waals surface area contributed by atoms with Crippen LogP contribution in [0.1, 0.15) is 48.9 Å². The molecule has 0 amide bonds. The third-order valence-electron chi connectivity index (χ3n) is 7.09. The smallest absolute Gasteiger partial charge is 0.347 e. The van der Waals surface area contributed by atoms with Crippen molar-refractivity contribution in [2.24, 2.45) is 4.99 Å². The van der Waals surface area contributed by atoms with Crippen LogP contribution in [-0.2, 0) is 10.2 Å². The molecule has 1 fully saturated rings. The van der Waals surface area contributed by atoms with E-state index in [2.05, 4.69) is 27.3 Å². The summed E-state index contributed by atoms with van der Waals surface area (Å²) in [6.07, 6.45) is 2.87. The van der Waals surface area contributed by atoms with E-state index in [0.717, 1.165) is 39.8 Å². The Morgan fingerprint density at radius 1 is 1.14 bits per heavy atom. The zero-order chi connectivity index (χ0) is 25.7. The van der Waals surface area contributed by atoms with Crippen molar-refractivity contribution >= 4 is 57.0 Å². The van der Waals surface area contributed by atoms with E-state index < -0.39 is 17.0 Å². The molecule has 8 heteroatoms. The van der Waals surface area contributed by atoms with E-state index in [-0.39, 0.29) is 12.0 Å². The van der Waals surface area contributed by atoms with Crippen LogP contribution in [0.15, 0.2) is 70.1 Å². The second-order valence-corrected chi connectivity index (χ2v) is 11.5. The highest BCUT2D eigenvalue weighted by Crippen LogP contribution is 2.57. The summed E-state index contributed by atoms with van der Waals surface area (Å²) in [6.45, 7) is 3.84. The summed E-state index contributed by atoms with van der Waals surface area (Å²) in [5.74, 6) is -0.486. The lowest BCUT2D eigenvalue weighted by molar-refractivity contribution is -0.152. The Morgan fingerprint density at radius 3 is 2.67 bits per heavy atom. The van der Waals surface area contributed by atoms with Crippen LogP contribution < -0.4 is 10.1 Å². The molecule has 3 atom stereocenters. The lowest BCUT2D eigenvalue weighted by Gasteiger charge is -2.48. The van der Waals surface area contributed by atoms with E-state index in [9.17, 15) is 9.90 Å². The molecule has 0 unspecified atom stereocenters. The molecule has 2 heterocycles. The van der Waals surface area contributed by atoms with Crippen molar-refractivity contribution in [1.82, 2.24) is 5.32 Å². The van der Waals surface area contributed by atoms with Gasteiger partial charge in [0.1, 0.15) is 5.75 Å². The molecular weight excluding hydrogens is 563 g/mol. The van der Waals surface area contributed by atoms with Gasteiger partial charge in [0.15, 0.2) is 5.60 Å². The second-order valence-electron chi connectivity index (χ2n) is 9.74. The molecule has 0 bridgehead atoms. The van der Waals surface area contributed by atoms with Gasteiger partial charge in [-0.2, -0.15) is 0 Å². The van der Waals surface area contributed by atoms with Crippen molar-refractivity contribution < 1.29 is 14.6 Å². The first-order valence-electron chi connectivity index (χ1n) is 11.7. The van der Waals surface area contributed by atoms with Gasteiger partial charge in [0.05, 0.1) is 17.1 Å². The van der Waals surface area contributed by atoms with E-state index in [1.165, 1.54) is 0 Å². The quantitative estimate of drug-likeness (QED) is 0.325. The Morgan fingerprint density at radius 2 is 1.92 bits per heavy atom. The molecule has 2 aliphatic heterocycles. The summed E-state index contributed by atoms with van der Waals surface area (Å²) in [4.78, 5) is 16.7.